The lowest BCUT2D eigenvalue weighted by Crippen LogP contribution is -2.49. The molecule has 0 spiro atoms. The van der Waals surface area contributed by atoms with Gasteiger partial charge >= 0.3 is 12.2 Å². The minimum absolute atomic E-state index is 0.00178. The molecule has 0 aliphatic heterocycles. The number of ether oxygens (including phenoxy) is 2. The predicted octanol–water partition coefficient (Wildman–Crippen LogP) is 1.59. The second-order valence-corrected chi connectivity index (χ2v) is 3.05. The number of hydrazine groups is 1. The fraction of sp³-hybridized carbons (Fsp3) is 0.750. The van der Waals surface area contributed by atoms with Gasteiger partial charge in [-0.3, -0.25) is 0 Å². The van der Waals surface area contributed by atoms with Crippen molar-refractivity contribution in [1.82, 2.24) is 10.0 Å². The first-order chi connectivity index (χ1) is 7.62. The maximum Gasteiger partial charge on any atom is 0.429 e. The van der Waals surface area contributed by atoms with Crippen molar-refractivity contribution < 1.29 is 19.1 Å². The first-order valence-electron chi connectivity index (χ1n) is 4.72. The summed E-state index contributed by atoms with van der Waals surface area (Å²) in [6.07, 6.45) is -1.33. The Morgan fingerprint density at radius 1 is 0.938 bits per heavy atom. The number of rotatable bonds is 4. The molecule has 0 atom stereocenters. The topological polar surface area (TPSA) is 59.1 Å². The molecule has 0 N–H and O–H groups in total. The molecule has 0 aliphatic rings. The van der Waals surface area contributed by atoms with Crippen LogP contribution in [-0.2, 0) is 9.47 Å². The SMILES string of the molecule is CCOC(=O)N(CS)N(CS)C(=O)OCC. The first kappa shape index (κ1) is 15.2. The third-order valence-electron chi connectivity index (χ3n) is 1.52. The molecular weight excluding hydrogens is 252 g/mol. The van der Waals surface area contributed by atoms with Crippen LogP contribution in [-0.4, -0.2) is 47.2 Å². The number of thiol groups is 2. The van der Waals surface area contributed by atoms with Gasteiger partial charge in [-0.2, -0.15) is 25.3 Å². The zero-order valence-electron chi connectivity index (χ0n) is 9.25. The normalized spacial score (nSPS) is 9.50. The van der Waals surface area contributed by atoms with Gasteiger partial charge in [-0.1, -0.05) is 0 Å². The number of amides is 2. The monoisotopic (exact) mass is 268 g/mol. The summed E-state index contributed by atoms with van der Waals surface area (Å²) in [6, 6.07) is 0. The van der Waals surface area contributed by atoms with Gasteiger partial charge in [0, 0.05) is 0 Å². The smallest absolute Gasteiger partial charge is 0.429 e. The van der Waals surface area contributed by atoms with Gasteiger partial charge in [-0.15, -0.1) is 0 Å². The highest BCUT2D eigenvalue weighted by atomic mass is 32.1. The summed E-state index contributed by atoms with van der Waals surface area (Å²) in [5.41, 5.74) is 0. The Labute approximate surface area is 106 Å². The number of hydrogen-bond acceptors (Lipinski definition) is 6. The van der Waals surface area contributed by atoms with Crippen LogP contribution in [0.5, 0.6) is 0 Å². The summed E-state index contributed by atoms with van der Waals surface area (Å²) < 4.78 is 9.52. The lowest BCUT2D eigenvalue weighted by atomic mass is 10.8. The van der Waals surface area contributed by atoms with E-state index in [1.165, 1.54) is 0 Å². The highest BCUT2D eigenvalue weighted by Crippen LogP contribution is 2.07. The fourth-order valence-corrected chi connectivity index (χ4v) is 1.40. The third-order valence-corrected chi connectivity index (χ3v) is 2.05. The molecule has 0 fully saturated rings. The molecule has 0 heterocycles. The quantitative estimate of drug-likeness (QED) is 0.462. The molecule has 8 heteroatoms. The van der Waals surface area contributed by atoms with Crippen LogP contribution in [0.15, 0.2) is 0 Å². The lowest BCUT2D eigenvalue weighted by Gasteiger charge is -2.30. The van der Waals surface area contributed by atoms with Gasteiger partial charge < -0.3 is 9.47 Å². The van der Waals surface area contributed by atoms with Crippen LogP contribution in [0.3, 0.4) is 0 Å². The van der Waals surface area contributed by atoms with Crippen LogP contribution >= 0.6 is 25.3 Å². The summed E-state index contributed by atoms with van der Waals surface area (Å²) >= 11 is 7.89. The standard InChI is InChI=1S/C8H16N2O4S2/c1-3-13-7(11)9(5-15)10(6-16)8(12)14-4-2/h15-16H,3-6H2,1-2H3. The Balaban J connectivity index is 4.61. The summed E-state index contributed by atoms with van der Waals surface area (Å²) in [5, 5.41) is 2.02. The highest BCUT2D eigenvalue weighted by molar-refractivity contribution is 7.80. The van der Waals surface area contributed by atoms with Crippen molar-refractivity contribution in [3.05, 3.63) is 0 Å². The Kier molecular flexibility index (Phi) is 8.00. The Bertz CT molecular complexity index is 216. The second kappa shape index (κ2) is 8.40. The molecule has 94 valence electrons. The third kappa shape index (κ3) is 4.40. The van der Waals surface area contributed by atoms with Crippen molar-refractivity contribution in [3.63, 3.8) is 0 Å². The van der Waals surface area contributed by atoms with E-state index in [-0.39, 0.29) is 25.0 Å². The van der Waals surface area contributed by atoms with Crippen molar-refractivity contribution in [2.75, 3.05) is 25.0 Å². The summed E-state index contributed by atoms with van der Waals surface area (Å²) in [6.45, 7) is 3.77. The van der Waals surface area contributed by atoms with Gasteiger partial charge in [0.1, 0.15) is 0 Å². The number of nitrogens with zero attached hydrogens (tertiary/aromatic N) is 2. The molecular formula is C8H16N2O4S2. The van der Waals surface area contributed by atoms with E-state index < -0.39 is 12.2 Å². The highest BCUT2D eigenvalue weighted by Gasteiger charge is 2.25. The Hall–Kier alpha value is -0.760. The average molecular weight is 268 g/mol. The van der Waals surface area contributed by atoms with Crippen LogP contribution in [0.2, 0.25) is 0 Å². The molecule has 0 bridgehead atoms. The molecule has 0 unspecified atom stereocenters. The maximum absolute atomic E-state index is 11.5. The van der Waals surface area contributed by atoms with Crippen molar-refractivity contribution in [2.45, 2.75) is 13.8 Å². The predicted molar refractivity (Wildman–Crippen MR) is 65.4 cm³/mol. The number of carbonyl (C=O) groups is 2. The van der Waals surface area contributed by atoms with Crippen LogP contribution in [0.4, 0.5) is 9.59 Å². The Morgan fingerprint density at radius 3 is 1.44 bits per heavy atom. The van der Waals surface area contributed by atoms with Crippen LogP contribution in [0.1, 0.15) is 13.8 Å². The number of hydrogen-bond donors (Lipinski definition) is 2. The fourth-order valence-electron chi connectivity index (χ4n) is 0.861. The molecule has 0 radical (unpaired) electrons. The van der Waals surface area contributed by atoms with Gasteiger partial charge in [-0.05, 0) is 13.8 Å². The minimum atomic E-state index is -0.667. The van der Waals surface area contributed by atoms with Crippen molar-refractivity contribution in [2.24, 2.45) is 0 Å². The molecule has 0 rings (SSSR count). The molecule has 16 heavy (non-hydrogen) atoms. The van der Waals surface area contributed by atoms with Crippen LogP contribution in [0, 0.1) is 0 Å². The van der Waals surface area contributed by atoms with Gasteiger partial charge in [0.15, 0.2) is 0 Å². The van der Waals surface area contributed by atoms with E-state index >= 15 is 0 Å². The number of carbonyl (C=O) groups excluding carboxylic acids is 2. The van der Waals surface area contributed by atoms with E-state index in [2.05, 4.69) is 25.3 Å². The van der Waals surface area contributed by atoms with E-state index in [1.54, 1.807) is 13.8 Å². The van der Waals surface area contributed by atoms with Crippen molar-refractivity contribution in [3.8, 4) is 0 Å². The minimum Gasteiger partial charge on any atom is -0.448 e. The molecule has 0 aromatic carbocycles. The van der Waals surface area contributed by atoms with E-state index in [9.17, 15) is 9.59 Å². The van der Waals surface area contributed by atoms with Gasteiger partial charge in [0.25, 0.3) is 0 Å². The zero-order valence-corrected chi connectivity index (χ0v) is 11.0. The van der Waals surface area contributed by atoms with Crippen molar-refractivity contribution >= 4 is 37.4 Å². The molecule has 2 amide bonds. The Morgan fingerprint density at radius 2 is 1.25 bits per heavy atom. The van der Waals surface area contributed by atoms with E-state index in [1.807, 2.05) is 0 Å². The molecule has 0 aliphatic carbocycles. The van der Waals surface area contributed by atoms with Gasteiger partial charge in [-0.25, -0.2) is 19.6 Å². The second-order valence-electron chi connectivity index (χ2n) is 2.48. The average Bonchev–Trinajstić information content (AvgIpc) is 2.25. The molecule has 0 aromatic heterocycles. The summed E-state index contributed by atoms with van der Waals surface area (Å²) in [5.74, 6) is -0.00356. The summed E-state index contributed by atoms with van der Waals surface area (Å²) in [4.78, 5) is 22.9. The van der Waals surface area contributed by atoms with Crippen LogP contribution in [0.25, 0.3) is 0 Å². The van der Waals surface area contributed by atoms with Crippen molar-refractivity contribution in [1.29, 1.82) is 0 Å². The van der Waals surface area contributed by atoms with E-state index in [0.29, 0.717) is 0 Å². The van der Waals surface area contributed by atoms with Crippen LogP contribution < -0.4 is 0 Å². The molecule has 0 aromatic rings. The zero-order chi connectivity index (χ0) is 12.6. The molecule has 0 saturated carbocycles. The molecule has 0 saturated heterocycles. The summed E-state index contributed by atoms with van der Waals surface area (Å²) in [7, 11) is 0. The van der Waals surface area contributed by atoms with Gasteiger partial charge in [0.2, 0.25) is 0 Å². The lowest BCUT2D eigenvalue weighted by molar-refractivity contribution is 0.00240. The largest absolute Gasteiger partial charge is 0.448 e. The first-order valence-corrected chi connectivity index (χ1v) is 5.99. The van der Waals surface area contributed by atoms with E-state index in [0.717, 1.165) is 10.0 Å². The molecule has 6 nitrogen and oxygen atoms in total. The van der Waals surface area contributed by atoms with E-state index in [4.69, 9.17) is 9.47 Å². The maximum atomic E-state index is 11.5. The van der Waals surface area contributed by atoms with Gasteiger partial charge in [0.05, 0.1) is 25.0 Å².